The lowest BCUT2D eigenvalue weighted by Crippen LogP contribution is -3.00. The zero-order valence-corrected chi connectivity index (χ0v) is 10.9. The van der Waals surface area contributed by atoms with Crippen molar-refractivity contribution in [2.24, 2.45) is 0 Å². The highest BCUT2D eigenvalue weighted by Crippen LogP contribution is 2.21. The highest BCUT2D eigenvalue weighted by Gasteiger charge is 2.05. The van der Waals surface area contributed by atoms with Gasteiger partial charge in [-0.05, 0) is 37.3 Å². The summed E-state index contributed by atoms with van der Waals surface area (Å²) in [6.07, 6.45) is 0. The minimum Gasteiger partial charge on any atom is -1.00 e. The Hall–Kier alpha value is -0.810. The highest BCUT2D eigenvalue weighted by molar-refractivity contribution is 7.15. The van der Waals surface area contributed by atoms with Crippen LogP contribution in [0, 0.1) is 0 Å². The second-order valence-electron chi connectivity index (χ2n) is 3.42. The third kappa shape index (κ3) is 2.82. The van der Waals surface area contributed by atoms with Crippen molar-refractivity contribution in [3.63, 3.8) is 0 Å². The Morgan fingerprint density at radius 2 is 2.13 bits per heavy atom. The second kappa shape index (κ2) is 4.81. The van der Waals surface area contributed by atoms with Gasteiger partial charge in [-0.25, -0.2) is 0 Å². The topological polar surface area (TPSA) is 47.3 Å². The number of nitrogens with one attached hydrogen (secondary N) is 1. The van der Waals surface area contributed by atoms with Crippen LogP contribution in [0.25, 0.3) is 10.3 Å². The number of hydrogen-bond acceptors (Lipinski definition) is 3. The number of fused-ring (bicyclic) bond motifs is 1. The van der Waals surface area contributed by atoms with Gasteiger partial charge in [0.2, 0.25) is 0 Å². The van der Waals surface area contributed by atoms with E-state index in [0.29, 0.717) is 6.04 Å². The molecule has 82 valence electrons. The fraction of sp³-hybridized carbons (Fsp3) is 0.300. The molecule has 2 N–H and O–H groups in total. The first-order valence-corrected chi connectivity index (χ1v) is 5.29. The number of halogens is 1. The number of phenols is 1. The Morgan fingerprint density at radius 3 is 2.80 bits per heavy atom. The number of benzene rings is 1. The highest BCUT2D eigenvalue weighted by atomic mass is 79.9. The lowest BCUT2D eigenvalue weighted by Gasteiger charge is -1.86. The predicted molar refractivity (Wildman–Crippen MR) is 55.0 cm³/mol. The van der Waals surface area contributed by atoms with Crippen LogP contribution in [-0.2, 0) is 0 Å². The molecule has 1 heterocycles. The molecule has 1 aromatic carbocycles. The number of rotatable bonds is 1. The van der Waals surface area contributed by atoms with E-state index in [0.717, 1.165) is 15.2 Å². The Balaban J connectivity index is 0.00000112. The molecular weight excluding hydrogens is 278 g/mol. The largest absolute Gasteiger partial charge is 1.00 e. The van der Waals surface area contributed by atoms with Crippen LogP contribution in [0.1, 0.15) is 13.8 Å². The minimum absolute atomic E-state index is 0. The van der Waals surface area contributed by atoms with Crippen LogP contribution in [-0.4, -0.2) is 11.1 Å². The van der Waals surface area contributed by atoms with E-state index in [4.69, 9.17) is 4.42 Å². The molecule has 2 aromatic rings. The van der Waals surface area contributed by atoms with E-state index < -0.39 is 0 Å². The second-order valence-corrected chi connectivity index (χ2v) is 4.44. The first-order valence-electron chi connectivity index (χ1n) is 4.47. The lowest BCUT2D eigenvalue weighted by atomic mass is 10.3. The van der Waals surface area contributed by atoms with E-state index in [1.807, 2.05) is 0 Å². The molecular formula is C10H12BrNO2S. The van der Waals surface area contributed by atoms with Gasteiger partial charge in [0.1, 0.15) is 11.8 Å². The van der Waals surface area contributed by atoms with Crippen LogP contribution < -0.4 is 26.8 Å². The van der Waals surface area contributed by atoms with E-state index in [9.17, 15) is 5.11 Å². The van der Waals surface area contributed by atoms with E-state index in [1.54, 1.807) is 18.2 Å². The molecule has 0 spiro atoms. The molecule has 3 nitrogen and oxygen atoms in total. The van der Waals surface area contributed by atoms with E-state index in [-0.39, 0.29) is 22.7 Å². The molecule has 0 amide bonds. The normalized spacial score (nSPS) is 12.1. The molecule has 0 unspecified atom stereocenters. The van der Waals surface area contributed by atoms with E-state index in [2.05, 4.69) is 18.8 Å². The first kappa shape index (κ1) is 12.3. The molecule has 0 fully saturated rings. The fourth-order valence-electron chi connectivity index (χ4n) is 1.18. The molecule has 0 aliphatic rings. The maximum absolute atomic E-state index is 9.27. The van der Waals surface area contributed by atoms with Gasteiger partial charge in [0.05, 0.1) is 4.70 Å². The summed E-state index contributed by atoms with van der Waals surface area (Å²) in [6.45, 7) is 4.11. The fourth-order valence-corrected chi connectivity index (χ4v) is 2.19. The van der Waals surface area contributed by atoms with Gasteiger partial charge in [-0.2, -0.15) is 4.99 Å². The zero-order valence-electron chi connectivity index (χ0n) is 8.45. The molecule has 0 saturated carbocycles. The number of phenolic OH excluding ortho intramolecular Hbond substituents is 1. The molecule has 0 atom stereocenters. The minimum atomic E-state index is 0. The van der Waals surface area contributed by atoms with E-state index >= 15 is 0 Å². The van der Waals surface area contributed by atoms with Gasteiger partial charge in [-0.15, -0.1) is 0 Å². The molecule has 2 rings (SSSR count). The Kier molecular flexibility index (Phi) is 3.93. The quantitative estimate of drug-likeness (QED) is 0.615. The number of aromatic hydroxyl groups is 1. The third-order valence-electron chi connectivity index (χ3n) is 1.74. The third-order valence-corrected chi connectivity index (χ3v) is 2.66. The molecule has 0 bridgehead atoms. The van der Waals surface area contributed by atoms with Gasteiger partial charge in [-0.1, -0.05) is 0 Å². The lowest BCUT2D eigenvalue weighted by molar-refractivity contribution is -0.541. The van der Waals surface area contributed by atoms with Gasteiger partial charge in [-0.3, -0.25) is 0 Å². The van der Waals surface area contributed by atoms with Crippen molar-refractivity contribution >= 4 is 21.6 Å². The van der Waals surface area contributed by atoms with Crippen LogP contribution >= 0.6 is 11.3 Å². The maximum Gasteiger partial charge on any atom is 0.429 e. The predicted octanol–water partition coefficient (Wildman–Crippen LogP) is -2.41. The summed E-state index contributed by atoms with van der Waals surface area (Å²) < 4.78 is 6.48. The van der Waals surface area contributed by atoms with Crippen LogP contribution in [0.2, 0.25) is 0 Å². The molecule has 0 radical (unpaired) electrons. The van der Waals surface area contributed by atoms with Gasteiger partial charge in [0, 0.05) is 6.07 Å². The van der Waals surface area contributed by atoms with E-state index in [1.165, 1.54) is 11.3 Å². The van der Waals surface area contributed by atoms with Crippen molar-refractivity contribution in [2.75, 3.05) is 0 Å². The number of hydrogen-bond donors (Lipinski definition) is 2. The molecule has 15 heavy (non-hydrogen) atoms. The van der Waals surface area contributed by atoms with Gasteiger partial charge < -0.3 is 26.5 Å². The van der Waals surface area contributed by atoms with Gasteiger partial charge in [0.25, 0.3) is 0 Å². The summed E-state index contributed by atoms with van der Waals surface area (Å²) in [5, 5.41) is 9.27. The van der Waals surface area contributed by atoms with Crippen molar-refractivity contribution in [1.29, 1.82) is 0 Å². The molecule has 0 saturated heterocycles. The summed E-state index contributed by atoms with van der Waals surface area (Å²) in [6, 6.07) is 5.44. The zero-order chi connectivity index (χ0) is 10.1. The van der Waals surface area contributed by atoms with Crippen molar-refractivity contribution < 1.29 is 31.5 Å². The van der Waals surface area contributed by atoms with Crippen LogP contribution in [0.3, 0.4) is 0 Å². The smallest absolute Gasteiger partial charge is 0.429 e. The SMILES string of the molecule is CC(C)[NH+]=c1oc2ccc(O)cc2s1.[Br-]. The van der Waals surface area contributed by atoms with Crippen LogP contribution in [0.15, 0.2) is 22.6 Å². The monoisotopic (exact) mass is 289 g/mol. The van der Waals surface area contributed by atoms with Crippen molar-refractivity contribution in [1.82, 2.24) is 0 Å². The van der Waals surface area contributed by atoms with Crippen LogP contribution in [0.4, 0.5) is 0 Å². The molecule has 0 aliphatic heterocycles. The maximum atomic E-state index is 9.27. The van der Waals surface area contributed by atoms with Crippen molar-refractivity contribution in [3.05, 3.63) is 23.1 Å². The van der Waals surface area contributed by atoms with Crippen LogP contribution in [0.5, 0.6) is 5.75 Å². The summed E-state index contributed by atoms with van der Waals surface area (Å²) in [5.41, 5.74) is 0.802. The Bertz CT molecular complexity index is 515. The van der Waals surface area contributed by atoms with Gasteiger partial charge in [0.15, 0.2) is 5.58 Å². The Labute approximate surface area is 102 Å². The Morgan fingerprint density at radius 1 is 1.40 bits per heavy atom. The summed E-state index contributed by atoms with van der Waals surface area (Å²) in [4.78, 5) is 3.96. The molecule has 1 aromatic heterocycles. The van der Waals surface area contributed by atoms with Gasteiger partial charge >= 0.3 is 4.87 Å². The van der Waals surface area contributed by atoms with Crippen molar-refractivity contribution in [3.8, 4) is 5.75 Å². The first-order chi connectivity index (χ1) is 6.65. The molecule has 5 heteroatoms. The summed E-state index contributed by atoms with van der Waals surface area (Å²) in [5.74, 6) is 0.269. The van der Waals surface area contributed by atoms with Crippen molar-refractivity contribution in [2.45, 2.75) is 19.9 Å². The average molecular weight is 290 g/mol. The molecule has 0 aliphatic carbocycles. The average Bonchev–Trinajstić information content (AvgIpc) is 2.44. The summed E-state index contributed by atoms with van der Waals surface area (Å²) >= 11 is 1.50. The standard InChI is InChI=1S/C10H11NO2S.BrH/c1-6(2)11-10-13-8-4-3-7(12)5-9(8)14-10;/h3-6,12H,1-2H3;1H. The summed E-state index contributed by atoms with van der Waals surface area (Å²) in [7, 11) is 0.